The molecule has 1 rings (SSSR count). The third kappa shape index (κ3) is 4.42. The van der Waals surface area contributed by atoms with Crippen LogP contribution in [0, 0.1) is 0 Å². The number of halogens is 1. The third-order valence-corrected chi connectivity index (χ3v) is 3.44. The molecule has 0 saturated carbocycles. The molecule has 0 aliphatic heterocycles. The topological polar surface area (TPSA) is 72.9 Å². The number of rotatable bonds is 8. The van der Waals surface area contributed by atoms with Gasteiger partial charge in [-0.3, -0.25) is 9.48 Å². The second kappa shape index (κ2) is 6.89. The first-order valence-corrected chi connectivity index (χ1v) is 7.00. The quantitative estimate of drug-likeness (QED) is 0.716. The van der Waals surface area contributed by atoms with E-state index < -0.39 is 5.54 Å². The van der Waals surface area contributed by atoms with Crippen LogP contribution in [0.4, 0.5) is 0 Å². The van der Waals surface area contributed by atoms with Crippen molar-refractivity contribution in [1.82, 2.24) is 15.1 Å². The number of likely N-dealkylation sites (N-methyl/N-ethyl adjacent to an activating group) is 1. The number of hydrogen-bond donors (Lipinski definition) is 2. The van der Waals surface area contributed by atoms with Crippen LogP contribution in [0.3, 0.4) is 0 Å². The summed E-state index contributed by atoms with van der Waals surface area (Å²) in [5, 5.41) is 7.34. The van der Waals surface area contributed by atoms with Crippen molar-refractivity contribution in [3.05, 3.63) is 16.9 Å². The summed E-state index contributed by atoms with van der Waals surface area (Å²) in [6.07, 6.45) is 6.37. The number of nitrogens with one attached hydrogen (secondary N) is 1. The Balaban J connectivity index is 2.33. The van der Waals surface area contributed by atoms with Crippen LogP contribution in [0.25, 0.3) is 0 Å². The minimum absolute atomic E-state index is 0.286. The number of aryl methyl sites for hydroxylation is 1. The Morgan fingerprint density at radius 2 is 2.33 bits per heavy atom. The van der Waals surface area contributed by atoms with E-state index in [0.29, 0.717) is 0 Å². The molecule has 18 heavy (non-hydrogen) atoms. The van der Waals surface area contributed by atoms with Crippen molar-refractivity contribution in [2.24, 2.45) is 5.73 Å². The summed E-state index contributed by atoms with van der Waals surface area (Å²) >= 11 is 3.36. The largest absolute Gasteiger partial charge is 0.368 e. The van der Waals surface area contributed by atoms with Gasteiger partial charge in [-0.2, -0.15) is 5.10 Å². The molecule has 0 aromatic carbocycles. The van der Waals surface area contributed by atoms with Crippen LogP contribution in [0.2, 0.25) is 0 Å². The molecule has 0 aliphatic rings. The van der Waals surface area contributed by atoms with Crippen LogP contribution in [-0.4, -0.2) is 27.8 Å². The Morgan fingerprint density at radius 3 is 2.83 bits per heavy atom. The van der Waals surface area contributed by atoms with Gasteiger partial charge in [-0.25, -0.2) is 0 Å². The fourth-order valence-electron chi connectivity index (χ4n) is 1.90. The van der Waals surface area contributed by atoms with E-state index in [0.717, 1.165) is 36.8 Å². The maximum atomic E-state index is 11.4. The minimum atomic E-state index is -0.598. The van der Waals surface area contributed by atoms with E-state index in [-0.39, 0.29) is 5.91 Å². The van der Waals surface area contributed by atoms with Crippen molar-refractivity contribution >= 4 is 21.8 Å². The predicted octanol–water partition coefficient (Wildman–Crippen LogP) is 1.67. The molecule has 1 unspecified atom stereocenters. The van der Waals surface area contributed by atoms with Gasteiger partial charge in [0.1, 0.15) is 0 Å². The van der Waals surface area contributed by atoms with Gasteiger partial charge in [-0.05, 0) is 48.7 Å². The van der Waals surface area contributed by atoms with Crippen LogP contribution in [0.5, 0.6) is 0 Å². The summed E-state index contributed by atoms with van der Waals surface area (Å²) in [5.74, 6) is -0.286. The molecule has 5 nitrogen and oxygen atoms in total. The van der Waals surface area contributed by atoms with E-state index in [1.165, 1.54) is 0 Å². The summed E-state index contributed by atoms with van der Waals surface area (Å²) < 4.78 is 2.87. The van der Waals surface area contributed by atoms with Gasteiger partial charge in [-0.15, -0.1) is 0 Å². The van der Waals surface area contributed by atoms with E-state index in [1.54, 1.807) is 6.20 Å². The number of amides is 1. The second-order valence-corrected chi connectivity index (χ2v) is 5.52. The molecule has 1 atom stereocenters. The average Bonchev–Trinajstić information content (AvgIpc) is 2.71. The zero-order chi connectivity index (χ0) is 13.6. The van der Waals surface area contributed by atoms with E-state index >= 15 is 0 Å². The lowest BCUT2D eigenvalue weighted by Gasteiger charge is -2.26. The molecule has 0 spiro atoms. The fraction of sp³-hybridized carbons (Fsp3) is 0.667. The SMILES string of the molecule is CCNC(C)(CCCCn1cc(Br)cn1)C(N)=O. The molecule has 1 heterocycles. The number of hydrogen-bond acceptors (Lipinski definition) is 3. The molecule has 1 aromatic heterocycles. The average molecular weight is 317 g/mol. The molecular formula is C12H21BrN4O. The summed E-state index contributed by atoms with van der Waals surface area (Å²) in [6.45, 7) is 5.43. The van der Waals surface area contributed by atoms with Crippen LogP contribution in [-0.2, 0) is 11.3 Å². The maximum Gasteiger partial charge on any atom is 0.237 e. The zero-order valence-corrected chi connectivity index (χ0v) is 12.5. The van der Waals surface area contributed by atoms with Gasteiger partial charge < -0.3 is 11.1 Å². The lowest BCUT2D eigenvalue weighted by Crippen LogP contribution is -2.52. The van der Waals surface area contributed by atoms with Crippen molar-refractivity contribution in [2.45, 2.75) is 45.2 Å². The molecular weight excluding hydrogens is 296 g/mol. The molecule has 6 heteroatoms. The molecule has 0 saturated heterocycles. The Labute approximate surface area is 116 Å². The minimum Gasteiger partial charge on any atom is -0.368 e. The van der Waals surface area contributed by atoms with E-state index in [4.69, 9.17) is 5.73 Å². The molecule has 3 N–H and O–H groups in total. The highest BCUT2D eigenvalue weighted by Crippen LogP contribution is 2.14. The van der Waals surface area contributed by atoms with Gasteiger partial charge in [-0.1, -0.05) is 6.92 Å². The lowest BCUT2D eigenvalue weighted by molar-refractivity contribution is -0.124. The van der Waals surface area contributed by atoms with Crippen LogP contribution in [0.15, 0.2) is 16.9 Å². The summed E-state index contributed by atoms with van der Waals surface area (Å²) in [4.78, 5) is 11.4. The van der Waals surface area contributed by atoms with Crippen molar-refractivity contribution in [3.8, 4) is 0 Å². The Morgan fingerprint density at radius 1 is 1.61 bits per heavy atom. The normalized spacial score (nSPS) is 14.4. The van der Waals surface area contributed by atoms with Gasteiger partial charge in [0.25, 0.3) is 0 Å². The molecule has 0 aliphatic carbocycles. The number of aromatic nitrogens is 2. The van der Waals surface area contributed by atoms with E-state index in [2.05, 4.69) is 26.3 Å². The predicted molar refractivity (Wildman–Crippen MR) is 75.1 cm³/mol. The monoisotopic (exact) mass is 316 g/mol. The van der Waals surface area contributed by atoms with Gasteiger partial charge in [0, 0.05) is 12.7 Å². The van der Waals surface area contributed by atoms with Crippen molar-refractivity contribution in [1.29, 1.82) is 0 Å². The van der Waals surface area contributed by atoms with Crippen LogP contribution in [0.1, 0.15) is 33.1 Å². The number of primary amides is 1. The number of nitrogens with two attached hydrogens (primary N) is 1. The van der Waals surface area contributed by atoms with Gasteiger partial charge >= 0.3 is 0 Å². The van der Waals surface area contributed by atoms with E-state index in [1.807, 2.05) is 24.7 Å². The summed E-state index contributed by atoms with van der Waals surface area (Å²) in [6, 6.07) is 0. The fourth-order valence-corrected chi connectivity index (χ4v) is 2.23. The van der Waals surface area contributed by atoms with Crippen LogP contribution < -0.4 is 11.1 Å². The molecule has 0 radical (unpaired) electrons. The molecule has 0 bridgehead atoms. The summed E-state index contributed by atoms with van der Waals surface area (Å²) in [7, 11) is 0. The Bertz CT molecular complexity index is 393. The maximum absolute atomic E-state index is 11.4. The highest BCUT2D eigenvalue weighted by molar-refractivity contribution is 9.10. The lowest BCUT2D eigenvalue weighted by atomic mass is 9.94. The molecule has 1 amide bonds. The summed E-state index contributed by atoms with van der Waals surface area (Å²) in [5.41, 5.74) is 4.83. The van der Waals surface area contributed by atoms with Crippen molar-refractivity contribution in [2.75, 3.05) is 6.54 Å². The first-order chi connectivity index (χ1) is 8.48. The van der Waals surface area contributed by atoms with Gasteiger partial charge in [0.05, 0.1) is 16.2 Å². The first-order valence-electron chi connectivity index (χ1n) is 6.21. The number of carbonyl (C=O) groups is 1. The number of unbranched alkanes of at least 4 members (excludes halogenated alkanes) is 1. The second-order valence-electron chi connectivity index (χ2n) is 4.61. The van der Waals surface area contributed by atoms with Gasteiger partial charge in [0.15, 0.2) is 0 Å². The Kier molecular flexibility index (Phi) is 5.81. The third-order valence-electron chi connectivity index (χ3n) is 3.03. The van der Waals surface area contributed by atoms with Crippen molar-refractivity contribution in [3.63, 3.8) is 0 Å². The molecule has 1 aromatic rings. The highest BCUT2D eigenvalue weighted by atomic mass is 79.9. The zero-order valence-electron chi connectivity index (χ0n) is 10.9. The van der Waals surface area contributed by atoms with Crippen LogP contribution >= 0.6 is 15.9 Å². The molecule has 0 fully saturated rings. The smallest absolute Gasteiger partial charge is 0.237 e. The number of carbonyl (C=O) groups excluding carboxylic acids is 1. The Hall–Kier alpha value is -0.880. The number of nitrogens with zero attached hydrogens (tertiary/aromatic N) is 2. The highest BCUT2D eigenvalue weighted by Gasteiger charge is 2.28. The van der Waals surface area contributed by atoms with Gasteiger partial charge in [0.2, 0.25) is 5.91 Å². The first kappa shape index (κ1) is 15.2. The van der Waals surface area contributed by atoms with E-state index in [9.17, 15) is 4.79 Å². The molecule has 102 valence electrons. The standard InChI is InChI=1S/C12H21BrN4O/c1-3-15-12(2,11(14)18)6-4-5-7-17-9-10(13)8-16-17/h8-9,15H,3-7H2,1-2H3,(H2,14,18). The van der Waals surface area contributed by atoms with Crippen molar-refractivity contribution < 1.29 is 4.79 Å².